The van der Waals surface area contributed by atoms with E-state index in [-0.39, 0.29) is 5.91 Å². The van der Waals surface area contributed by atoms with Crippen molar-refractivity contribution in [2.75, 3.05) is 25.0 Å². The molecule has 0 atom stereocenters. The minimum Gasteiger partial charge on any atom is -0.384 e. The van der Waals surface area contributed by atoms with Crippen LogP contribution in [0.25, 0.3) is 0 Å². The van der Waals surface area contributed by atoms with Gasteiger partial charge in [0.2, 0.25) is 5.91 Å². The maximum Gasteiger partial charge on any atom is 0.224 e. The molecule has 98 valence electrons. The van der Waals surface area contributed by atoms with E-state index in [0.717, 1.165) is 31.6 Å². The summed E-state index contributed by atoms with van der Waals surface area (Å²) in [6.45, 7) is 2.44. The molecule has 1 N–H and O–H groups in total. The topological polar surface area (TPSA) is 32.3 Å². The summed E-state index contributed by atoms with van der Waals surface area (Å²) in [5.74, 6) is 0.222. The summed E-state index contributed by atoms with van der Waals surface area (Å²) in [5, 5.41) is 4.23. The molecule has 0 saturated carbocycles. The minimum absolute atomic E-state index is 0.222. The third-order valence-corrected chi connectivity index (χ3v) is 3.79. The van der Waals surface area contributed by atoms with Crippen LogP contribution in [0.15, 0.2) is 18.2 Å². The van der Waals surface area contributed by atoms with Gasteiger partial charge in [-0.3, -0.25) is 4.79 Å². The summed E-state index contributed by atoms with van der Waals surface area (Å²) in [5.41, 5.74) is 0.888. The molecule has 0 unspecified atom stereocenters. The third kappa shape index (κ3) is 3.53. The van der Waals surface area contributed by atoms with Crippen molar-refractivity contribution < 1.29 is 4.79 Å². The standard InChI is InChI=1S/C13H16Cl2N2O/c14-11-4-3-10(9-12(11)15)16-6-5-13(18)17-7-1-2-8-17/h3-4,9,16H,1-2,5-8H2. The maximum absolute atomic E-state index is 11.8. The van der Waals surface area contributed by atoms with Crippen LogP contribution < -0.4 is 5.32 Å². The van der Waals surface area contributed by atoms with Crippen LogP contribution in [0.4, 0.5) is 5.69 Å². The summed E-state index contributed by atoms with van der Waals surface area (Å²) in [6.07, 6.45) is 2.78. The van der Waals surface area contributed by atoms with E-state index in [4.69, 9.17) is 23.2 Å². The fraction of sp³-hybridized carbons (Fsp3) is 0.462. The van der Waals surface area contributed by atoms with Gasteiger partial charge in [0.1, 0.15) is 0 Å². The van der Waals surface area contributed by atoms with Gasteiger partial charge >= 0.3 is 0 Å². The van der Waals surface area contributed by atoms with Crippen LogP contribution >= 0.6 is 23.2 Å². The Kier molecular flexibility index (Phi) is 4.72. The molecule has 1 saturated heterocycles. The van der Waals surface area contributed by atoms with E-state index >= 15 is 0 Å². The lowest BCUT2D eigenvalue weighted by Crippen LogP contribution is -2.29. The minimum atomic E-state index is 0.222. The highest BCUT2D eigenvalue weighted by Crippen LogP contribution is 2.24. The lowest BCUT2D eigenvalue weighted by atomic mass is 10.3. The second-order valence-electron chi connectivity index (χ2n) is 4.39. The van der Waals surface area contributed by atoms with Gasteiger partial charge in [-0.2, -0.15) is 0 Å². The average molecular weight is 287 g/mol. The molecule has 1 heterocycles. The van der Waals surface area contributed by atoms with Gasteiger partial charge in [-0.25, -0.2) is 0 Å². The number of anilines is 1. The molecule has 5 heteroatoms. The molecule has 0 spiro atoms. The SMILES string of the molecule is O=C(CCNc1ccc(Cl)c(Cl)c1)N1CCCC1. The van der Waals surface area contributed by atoms with Crippen molar-refractivity contribution in [2.45, 2.75) is 19.3 Å². The van der Waals surface area contributed by atoms with Gasteiger partial charge in [0.15, 0.2) is 0 Å². The second-order valence-corrected chi connectivity index (χ2v) is 5.21. The van der Waals surface area contributed by atoms with Crippen molar-refractivity contribution in [1.29, 1.82) is 0 Å². The first-order chi connectivity index (χ1) is 8.66. The van der Waals surface area contributed by atoms with E-state index in [0.29, 0.717) is 23.0 Å². The quantitative estimate of drug-likeness (QED) is 0.920. The number of hydrogen-bond acceptors (Lipinski definition) is 2. The number of hydrogen-bond donors (Lipinski definition) is 1. The number of benzene rings is 1. The lowest BCUT2D eigenvalue weighted by Gasteiger charge is -2.15. The molecule has 18 heavy (non-hydrogen) atoms. The fourth-order valence-corrected chi connectivity index (χ4v) is 2.34. The number of likely N-dealkylation sites (tertiary alicyclic amines) is 1. The smallest absolute Gasteiger partial charge is 0.224 e. The number of halogens is 2. The Hall–Kier alpha value is -0.930. The Morgan fingerprint density at radius 3 is 2.61 bits per heavy atom. The zero-order chi connectivity index (χ0) is 13.0. The second kappa shape index (κ2) is 6.30. The van der Waals surface area contributed by atoms with Crippen molar-refractivity contribution in [3.8, 4) is 0 Å². The predicted octanol–water partition coefficient (Wildman–Crippen LogP) is 3.42. The van der Waals surface area contributed by atoms with Crippen molar-refractivity contribution in [3.05, 3.63) is 28.2 Å². The van der Waals surface area contributed by atoms with Crippen molar-refractivity contribution in [3.63, 3.8) is 0 Å². The number of nitrogens with one attached hydrogen (secondary N) is 1. The van der Waals surface area contributed by atoms with Crippen LogP contribution in [-0.2, 0) is 4.79 Å². The van der Waals surface area contributed by atoms with Gasteiger partial charge in [-0.15, -0.1) is 0 Å². The van der Waals surface area contributed by atoms with E-state index < -0.39 is 0 Å². The van der Waals surface area contributed by atoms with E-state index in [2.05, 4.69) is 5.32 Å². The molecular formula is C13H16Cl2N2O. The van der Waals surface area contributed by atoms with Crippen LogP contribution in [0.3, 0.4) is 0 Å². The van der Waals surface area contributed by atoms with E-state index in [9.17, 15) is 4.79 Å². The zero-order valence-corrected chi connectivity index (χ0v) is 11.6. The number of amides is 1. The highest BCUT2D eigenvalue weighted by atomic mass is 35.5. The first-order valence-corrected chi connectivity index (χ1v) is 6.89. The Labute approximate surface area is 117 Å². The van der Waals surface area contributed by atoms with Gasteiger partial charge in [-0.1, -0.05) is 23.2 Å². The molecule has 1 fully saturated rings. The van der Waals surface area contributed by atoms with E-state index in [1.165, 1.54) is 0 Å². The van der Waals surface area contributed by atoms with Gasteiger partial charge in [0.05, 0.1) is 10.0 Å². The normalized spacial score (nSPS) is 14.9. The highest BCUT2D eigenvalue weighted by Gasteiger charge is 2.16. The molecule has 1 aromatic carbocycles. The largest absolute Gasteiger partial charge is 0.384 e. The van der Waals surface area contributed by atoms with Crippen LogP contribution in [0.2, 0.25) is 10.0 Å². The Bertz CT molecular complexity index is 431. The Morgan fingerprint density at radius 1 is 1.22 bits per heavy atom. The summed E-state index contributed by atoms with van der Waals surface area (Å²) in [4.78, 5) is 13.7. The summed E-state index contributed by atoms with van der Waals surface area (Å²) in [7, 11) is 0. The Balaban J connectivity index is 1.77. The lowest BCUT2D eigenvalue weighted by molar-refractivity contribution is -0.129. The molecule has 2 rings (SSSR count). The monoisotopic (exact) mass is 286 g/mol. The molecule has 0 aliphatic carbocycles. The van der Waals surface area contributed by atoms with Gasteiger partial charge in [0, 0.05) is 31.7 Å². The Morgan fingerprint density at radius 2 is 1.94 bits per heavy atom. The van der Waals surface area contributed by atoms with Crippen molar-refractivity contribution >= 4 is 34.8 Å². The molecule has 1 amide bonds. The molecule has 1 aliphatic heterocycles. The maximum atomic E-state index is 11.8. The van der Waals surface area contributed by atoms with Crippen molar-refractivity contribution in [1.82, 2.24) is 4.90 Å². The van der Waals surface area contributed by atoms with Crippen LogP contribution in [0.5, 0.6) is 0 Å². The molecule has 0 radical (unpaired) electrons. The molecule has 1 aliphatic rings. The molecule has 1 aromatic rings. The fourth-order valence-electron chi connectivity index (χ4n) is 2.04. The van der Waals surface area contributed by atoms with Crippen LogP contribution in [-0.4, -0.2) is 30.4 Å². The summed E-state index contributed by atoms with van der Waals surface area (Å²) in [6, 6.07) is 5.37. The first kappa shape index (κ1) is 13.5. The number of carbonyl (C=O) groups is 1. The van der Waals surface area contributed by atoms with Gasteiger partial charge < -0.3 is 10.2 Å². The predicted molar refractivity (Wildman–Crippen MR) is 75.4 cm³/mol. The van der Waals surface area contributed by atoms with E-state index in [1.807, 2.05) is 11.0 Å². The molecule has 0 aromatic heterocycles. The molecule has 3 nitrogen and oxygen atoms in total. The first-order valence-electron chi connectivity index (χ1n) is 6.13. The number of rotatable bonds is 4. The van der Waals surface area contributed by atoms with Crippen LogP contribution in [0.1, 0.15) is 19.3 Å². The van der Waals surface area contributed by atoms with E-state index in [1.54, 1.807) is 12.1 Å². The van der Waals surface area contributed by atoms with Crippen LogP contribution in [0, 0.1) is 0 Å². The van der Waals surface area contributed by atoms with Gasteiger partial charge in [-0.05, 0) is 31.0 Å². The molecule has 0 bridgehead atoms. The van der Waals surface area contributed by atoms with Crippen molar-refractivity contribution in [2.24, 2.45) is 0 Å². The highest BCUT2D eigenvalue weighted by molar-refractivity contribution is 6.42. The molecular weight excluding hydrogens is 271 g/mol. The number of carbonyl (C=O) groups excluding carboxylic acids is 1. The van der Waals surface area contributed by atoms with Gasteiger partial charge in [0.25, 0.3) is 0 Å². The third-order valence-electron chi connectivity index (χ3n) is 3.05. The average Bonchev–Trinajstić information content (AvgIpc) is 2.87. The number of nitrogens with zero attached hydrogens (tertiary/aromatic N) is 1. The summed E-state index contributed by atoms with van der Waals surface area (Å²) >= 11 is 11.7. The summed E-state index contributed by atoms with van der Waals surface area (Å²) < 4.78 is 0. The zero-order valence-electron chi connectivity index (χ0n) is 10.1.